The molecule has 1 aromatic heterocycles. The molecule has 2 N–H and O–H groups in total. The number of aliphatic carboxylic acids is 1. The number of pyridine rings is 1. The Bertz CT molecular complexity index is 1140. The summed E-state index contributed by atoms with van der Waals surface area (Å²) < 4.78 is 18.8. The number of rotatable bonds is 7. The van der Waals surface area contributed by atoms with E-state index in [1.165, 1.54) is 25.4 Å². The first kappa shape index (κ1) is 22.2. The van der Waals surface area contributed by atoms with E-state index >= 15 is 0 Å². The van der Waals surface area contributed by atoms with E-state index in [9.17, 15) is 19.1 Å². The fourth-order valence-electron chi connectivity index (χ4n) is 3.27. The van der Waals surface area contributed by atoms with Gasteiger partial charge in [0.1, 0.15) is 5.82 Å². The van der Waals surface area contributed by atoms with Crippen molar-refractivity contribution in [1.82, 2.24) is 10.3 Å². The number of hydrogen-bond acceptors (Lipinski definition) is 4. The molecule has 160 valence electrons. The monoisotopic (exact) mass is 442 g/mol. The van der Waals surface area contributed by atoms with Crippen LogP contribution in [-0.2, 0) is 4.79 Å². The number of carbonyl (C=O) groups is 2. The SMILES string of the molecule is COc1ncc(C(=O)N[C@@H](CC(=O)O)c2ccccc2Cl)cc1-c1ccc(F)cc1C. The molecule has 1 atom stereocenters. The van der Waals surface area contributed by atoms with Crippen molar-refractivity contribution < 1.29 is 23.8 Å². The summed E-state index contributed by atoms with van der Waals surface area (Å²) in [6.07, 6.45) is 0.990. The summed E-state index contributed by atoms with van der Waals surface area (Å²) in [4.78, 5) is 28.5. The lowest BCUT2D eigenvalue weighted by Crippen LogP contribution is -2.30. The molecule has 8 heteroatoms. The lowest BCUT2D eigenvalue weighted by molar-refractivity contribution is -0.137. The molecule has 0 saturated heterocycles. The maximum atomic E-state index is 13.5. The van der Waals surface area contributed by atoms with Crippen molar-refractivity contribution in [2.24, 2.45) is 0 Å². The normalized spacial score (nSPS) is 11.6. The molecule has 1 amide bonds. The highest BCUT2D eigenvalue weighted by atomic mass is 35.5. The summed E-state index contributed by atoms with van der Waals surface area (Å²) in [5.74, 6) is -1.71. The highest BCUT2D eigenvalue weighted by Gasteiger charge is 2.22. The van der Waals surface area contributed by atoms with Crippen LogP contribution in [0.15, 0.2) is 54.7 Å². The summed E-state index contributed by atoms with van der Waals surface area (Å²) in [5, 5.41) is 12.3. The third-order valence-corrected chi connectivity index (χ3v) is 5.09. The molecule has 0 saturated carbocycles. The molecule has 3 aromatic rings. The number of halogens is 2. The van der Waals surface area contributed by atoms with E-state index in [1.54, 1.807) is 43.3 Å². The molecule has 0 aliphatic carbocycles. The minimum absolute atomic E-state index is 0.196. The second kappa shape index (κ2) is 9.57. The smallest absolute Gasteiger partial charge is 0.305 e. The maximum absolute atomic E-state index is 13.5. The summed E-state index contributed by atoms with van der Waals surface area (Å²) in [6, 6.07) is 11.7. The predicted molar refractivity (Wildman–Crippen MR) is 115 cm³/mol. The summed E-state index contributed by atoms with van der Waals surface area (Å²) in [7, 11) is 1.45. The van der Waals surface area contributed by atoms with Gasteiger partial charge in [0.25, 0.3) is 5.91 Å². The number of methoxy groups -OCH3 is 1. The van der Waals surface area contributed by atoms with Gasteiger partial charge in [-0.3, -0.25) is 9.59 Å². The van der Waals surface area contributed by atoms with Crippen LogP contribution in [0.1, 0.15) is 33.9 Å². The number of aromatic nitrogens is 1. The molecule has 1 heterocycles. The number of ether oxygens (including phenoxy) is 1. The van der Waals surface area contributed by atoms with Crippen molar-refractivity contribution in [3.63, 3.8) is 0 Å². The first-order valence-electron chi connectivity index (χ1n) is 9.37. The van der Waals surface area contributed by atoms with Crippen LogP contribution >= 0.6 is 11.6 Å². The summed E-state index contributed by atoms with van der Waals surface area (Å²) >= 11 is 6.20. The first-order valence-corrected chi connectivity index (χ1v) is 9.75. The van der Waals surface area contributed by atoms with E-state index in [4.69, 9.17) is 16.3 Å². The molecule has 0 bridgehead atoms. The van der Waals surface area contributed by atoms with Crippen LogP contribution in [0.2, 0.25) is 5.02 Å². The summed E-state index contributed by atoms with van der Waals surface area (Å²) in [6.45, 7) is 1.74. The van der Waals surface area contributed by atoms with Gasteiger partial charge in [0.05, 0.1) is 25.1 Å². The molecule has 0 spiro atoms. The highest BCUT2D eigenvalue weighted by Crippen LogP contribution is 2.32. The van der Waals surface area contributed by atoms with Crippen LogP contribution in [0, 0.1) is 12.7 Å². The molecular formula is C23H20ClFN2O4. The molecule has 0 unspecified atom stereocenters. The van der Waals surface area contributed by atoms with E-state index in [0.717, 1.165) is 0 Å². The number of nitrogens with one attached hydrogen (secondary N) is 1. The Morgan fingerprint density at radius 3 is 2.58 bits per heavy atom. The van der Waals surface area contributed by atoms with Crippen molar-refractivity contribution in [1.29, 1.82) is 0 Å². The van der Waals surface area contributed by atoms with E-state index in [0.29, 0.717) is 27.3 Å². The Morgan fingerprint density at radius 1 is 1.19 bits per heavy atom. The second-order valence-corrected chi connectivity index (χ2v) is 7.29. The molecular weight excluding hydrogens is 423 g/mol. The summed E-state index contributed by atoms with van der Waals surface area (Å²) in [5.41, 5.74) is 2.52. The predicted octanol–water partition coefficient (Wildman–Crippen LogP) is 4.80. The molecule has 0 aliphatic rings. The van der Waals surface area contributed by atoms with Gasteiger partial charge < -0.3 is 15.2 Å². The van der Waals surface area contributed by atoms with Crippen LogP contribution < -0.4 is 10.1 Å². The maximum Gasteiger partial charge on any atom is 0.305 e. The van der Waals surface area contributed by atoms with Crippen molar-refractivity contribution >= 4 is 23.5 Å². The van der Waals surface area contributed by atoms with Gasteiger partial charge in [-0.2, -0.15) is 0 Å². The highest BCUT2D eigenvalue weighted by molar-refractivity contribution is 6.31. The first-order chi connectivity index (χ1) is 14.8. The topological polar surface area (TPSA) is 88.5 Å². The van der Waals surface area contributed by atoms with Gasteiger partial charge in [0.2, 0.25) is 5.88 Å². The van der Waals surface area contributed by atoms with Crippen molar-refractivity contribution in [2.75, 3.05) is 7.11 Å². The Hall–Kier alpha value is -3.45. The average molecular weight is 443 g/mol. The van der Waals surface area contributed by atoms with E-state index < -0.39 is 17.9 Å². The van der Waals surface area contributed by atoms with Crippen molar-refractivity contribution in [2.45, 2.75) is 19.4 Å². The average Bonchev–Trinajstić information content (AvgIpc) is 2.73. The Labute approximate surface area is 183 Å². The molecule has 2 aromatic carbocycles. The molecule has 0 fully saturated rings. The quantitative estimate of drug-likeness (QED) is 0.548. The van der Waals surface area contributed by atoms with Crippen LogP contribution in [0.25, 0.3) is 11.1 Å². The number of aryl methyl sites for hydroxylation is 1. The zero-order chi connectivity index (χ0) is 22.5. The number of amides is 1. The molecule has 31 heavy (non-hydrogen) atoms. The van der Waals surface area contributed by atoms with E-state index in [2.05, 4.69) is 10.3 Å². The van der Waals surface area contributed by atoms with Gasteiger partial charge in [0.15, 0.2) is 0 Å². The third-order valence-electron chi connectivity index (χ3n) is 4.75. The molecule has 3 rings (SSSR count). The van der Waals surface area contributed by atoms with Gasteiger partial charge in [-0.1, -0.05) is 35.9 Å². The van der Waals surface area contributed by atoms with Gasteiger partial charge >= 0.3 is 5.97 Å². The van der Waals surface area contributed by atoms with Crippen LogP contribution in [0.4, 0.5) is 4.39 Å². The fourth-order valence-corrected chi connectivity index (χ4v) is 3.54. The van der Waals surface area contributed by atoms with Crippen molar-refractivity contribution in [3.8, 4) is 17.0 Å². The zero-order valence-corrected chi connectivity index (χ0v) is 17.6. The van der Waals surface area contributed by atoms with E-state index in [-0.39, 0.29) is 23.7 Å². The lowest BCUT2D eigenvalue weighted by atomic mass is 9.99. The van der Waals surface area contributed by atoms with Crippen LogP contribution in [-0.4, -0.2) is 29.1 Å². The second-order valence-electron chi connectivity index (χ2n) is 6.89. The molecule has 6 nitrogen and oxygen atoms in total. The van der Waals surface area contributed by atoms with Crippen LogP contribution in [0.3, 0.4) is 0 Å². The Balaban J connectivity index is 1.97. The minimum Gasteiger partial charge on any atom is -0.481 e. The fraction of sp³-hybridized carbons (Fsp3) is 0.174. The molecule has 0 radical (unpaired) electrons. The van der Waals surface area contributed by atoms with Gasteiger partial charge in [-0.05, 0) is 47.9 Å². The van der Waals surface area contributed by atoms with Gasteiger partial charge in [-0.15, -0.1) is 0 Å². The number of hydrogen-bond donors (Lipinski definition) is 2. The Morgan fingerprint density at radius 2 is 1.94 bits per heavy atom. The van der Waals surface area contributed by atoms with E-state index in [1.807, 2.05) is 0 Å². The van der Waals surface area contributed by atoms with Gasteiger partial charge in [0, 0.05) is 16.8 Å². The largest absolute Gasteiger partial charge is 0.481 e. The van der Waals surface area contributed by atoms with Crippen molar-refractivity contribution in [3.05, 3.63) is 82.3 Å². The molecule has 0 aliphatic heterocycles. The van der Waals surface area contributed by atoms with Crippen LogP contribution in [0.5, 0.6) is 5.88 Å². The Kier molecular flexibility index (Phi) is 6.87. The third kappa shape index (κ3) is 5.19. The zero-order valence-electron chi connectivity index (χ0n) is 16.9. The number of carboxylic acid groups (broad SMARTS) is 1. The number of nitrogens with zero attached hydrogens (tertiary/aromatic N) is 1. The number of carboxylic acids is 1. The number of carbonyl (C=O) groups excluding carboxylic acids is 1. The van der Waals surface area contributed by atoms with Gasteiger partial charge in [-0.25, -0.2) is 9.37 Å². The number of benzene rings is 2. The lowest BCUT2D eigenvalue weighted by Gasteiger charge is -2.19. The minimum atomic E-state index is -1.08. The standard InChI is InChI=1S/C23H20ClFN2O4/c1-13-9-15(25)7-8-16(13)18-10-14(12-26-23(18)31-2)22(30)27-20(11-21(28)29)17-5-3-4-6-19(17)24/h3-10,12,20H,11H2,1-2H3,(H,27,30)(H,28,29)/t20-/m0/s1.